The molecular weight excluding hydrogens is 412 g/mol. The highest BCUT2D eigenvalue weighted by Gasteiger charge is 2.44. The van der Waals surface area contributed by atoms with Crippen molar-refractivity contribution in [3.63, 3.8) is 0 Å². The minimum Gasteiger partial charge on any atom is -0.449 e. The first kappa shape index (κ1) is 20.1. The second-order valence-electron chi connectivity index (χ2n) is 8.28. The van der Waals surface area contributed by atoms with Gasteiger partial charge in [-0.3, -0.25) is 9.84 Å². The summed E-state index contributed by atoms with van der Waals surface area (Å²) in [6.07, 6.45) is 5.43. The molecule has 2 amide bonds. The second-order valence-corrected chi connectivity index (χ2v) is 8.28. The van der Waals surface area contributed by atoms with Crippen LogP contribution in [0.4, 0.5) is 16.4 Å². The lowest BCUT2D eigenvalue weighted by atomic mass is 10.0. The fourth-order valence-electron chi connectivity index (χ4n) is 5.01. The van der Waals surface area contributed by atoms with E-state index in [0.29, 0.717) is 43.1 Å². The van der Waals surface area contributed by atoms with Crippen molar-refractivity contribution >= 4 is 28.7 Å². The maximum atomic E-state index is 12.6. The summed E-state index contributed by atoms with van der Waals surface area (Å²) in [5, 5.41) is 17.0. The zero-order valence-corrected chi connectivity index (χ0v) is 17.9. The van der Waals surface area contributed by atoms with Crippen LogP contribution in [0.15, 0.2) is 23.0 Å². The van der Waals surface area contributed by atoms with Crippen LogP contribution < -0.4 is 15.0 Å². The van der Waals surface area contributed by atoms with E-state index in [0.717, 1.165) is 29.6 Å². The van der Waals surface area contributed by atoms with E-state index >= 15 is 0 Å². The van der Waals surface area contributed by atoms with E-state index in [9.17, 15) is 10.1 Å². The van der Waals surface area contributed by atoms with Crippen molar-refractivity contribution < 1.29 is 14.1 Å². The van der Waals surface area contributed by atoms with Crippen molar-refractivity contribution in [2.24, 2.45) is 11.8 Å². The van der Waals surface area contributed by atoms with Gasteiger partial charge in [-0.25, -0.2) is 9.78 Å². The maximum absolute atomic E-state index is 12.6. The van der Waals surface area contributed by atoms with E-state index in [-0.39, 0.29) is 18.1 Å². The highest BCUT2D eigenvalue weighted by molar-refractivity contribution is 5.93. The Morgan fingerprint density at radius 1 is 1.44 bits per heavy atom. The molecule has 1 saturated carbocycles. The molecule has 0 spiro atoms. The van der Waals surface area contributed by atoms with Gasteiger partial charge in [0.05, 0.1) is 17.9 Å². The molecule has 3 aromatic rings. The molecule has 32 heavy (non-hydrogen) atoms. The number of pyridine rings is 1. The molecule has 4 heterocycles. The molecule has 2 aliphatic rings. The fraction of sp³-hybridized carbons (Fsp3) is 0.476. The number of urea groups is 1. The number of nitrogens with one attached hydrogen (secondary N) is 2. The molecule has 3 atom stereocenters. The van der Waals surface area contributed by atoms with Crippen molar-refractivity contribution in [2.45, 2.75) is 25.8 Å². The minimum absolute atomic E-state index is 0.0383. The smallest absolute Gasteiger partial charge is 0.418 e. The molecule has 1 aliphatic heterocycles. The van der Waals surface area contributed by atoms with Gasteiger partial charge < -0.3 is 19.5 Å². The van der Waals surface area contributed by atoms with E-state index in [1.165, 1.54) is 0 Å². The van der Waals surface area contributed by atoms with Crippen molar-refractivity contribution in [1.29, 1.82) is 5.26 Å². The van der Waals surface area contributed by atoms with Crippen LogP contribution in [0.25, 0.3) is 11.0 Å². The van der Waals surface area contributed by atoms with Crippen LogP contribution in [0.3, 0.4) is 0 Å². The number of aromatic amines is 1. The number of hydrogen-bond acceptors (Lipinski definition) is 8. The number of likely N-dealkylation sites (tertiary alicyclic amines) is 1. The molecule has 11 nitrogen and oxygen atoms in total. The van der Waals surface area contributed by atoms with Gasteiger partial charge in [0, 0.05) is 44.0 Å². The first-order valence-corrected chi connectivity index (χ1v) is 10.7. The maximum Gasteiger partial charge on any atom is 0.418 e. The molecule has 0 bridgehead atoms. The highest BCUT2D eigenvalue weighted by atomic mass is 16.6. The zero-order valence-electron chi connectivity index (χ0n) is 17.9. The van der Waals surface area contributed by atoms with Crippen LogP contribution in [-0.2, 0) is 0 Å². The van der Waals surface area contributed by atoms with Gasteiger partial charge in [0.25, 0.3) is 5.95 Å². The third-order valence-electron chi connectivity index (χ3n) is 6.49. The highest BCUT2D eigenvalue weighted by Crippen LogP contribution is 2.42. The number of rotatable bonds is 5. The molecule has 2 fully saturated rings. The van der Waals surface area contributed by atoms with Gasteiger partial charge >= 0.3 is 12.1 Å². The SMILES string of the molecule is CCOc1nc(NC(=O)N2C[C@H]3C[C@H](N(C)c4c(C#N)cnc5[nH]ccc45)C[C@H]3C2)no1. The van der Waals surface area contributed by atoms with E-state index in [4.69, 9.17) is 9.26 Å². The molecule has 166 valence electrons. The number of nitriles is 1. The molecule has 0 radical (unpaired) electrons. The van der Waals surface area contributed by atoms with Gasteiger partial charge in [-0.15, -0.1) is 4.98 Å². The molecular formula is C21H24N8O3. The summed E-state index contributed by atoms with van der Waals surface area (Å²) in [6, 6.07) is 4.31. The zero-order chi connectivity index (χ0) is 22.2. The summed E-state index contributed by atoms with van der Waals surface area (Å²) in [4.78, 5) is 28.1. The number of nitrogens with zero attached hydrogens (tertiary/aromatic N) is 6. The van der Waals surface area contributed by atoms with Crippen LogP contribution in [0, 0.1) is 23.2 Å². The number of hydrogen-bond donors (Lipinski definition) is 2. The van der Waals surface area contributed by atoms with Crippen LogP contribution in [-0.4, -0.2) is 63.8 Å². The van der Waals surface area contributed by atoms with Crippen molar-refractivity contribution in [1.82, 2.24) is 25.0 Å². The average Bonchev–Trinajstić information content (AvgIpc) is 3.55. The summed E-state index contributed by atoms with van der Waals surface area (Å²) in [7, 11) is 2.05. The molecule has 2 N–H and O–H groups in total. The van der Waals surface area contributed by atoms with Crippen molar-refractivity contribution in [3.05, 3.63) is 24.0 Å². The normalized spacial score (nSPS) is 22.0. The monoisotopic (exact) mass is 436 g/mol. The molecule has 0 aromatic carbocycles. The Kier molecular flexibility index (Phi) is 5.05. The lowest BCUT2D eigenvalue weighted by molar-refractivity contribution is 0.214. The van der Waals surface area contributed by atoms with Gasteiger partial charge in [0.2, 0.25) is 0 Å². The van der Waals surface area contributed by atoms with Gasteiger partial charge in [-0.2, -0.15) is 5.26 Å². The number of anilines is 2. The van der Waals surface area contributed by atoms with Gasteiger partial charge in [-0.05, 0) is 42.8 Å². The third kappa shape index (κ3) is 3.47. The lowest BCUT2D eigenvalue weighted by Gasteiger charge is -2.29. The molecule has 1 aliphatic carbocycles. The number of aromatic nitrogens is 4. The summed E-state index contributed by atoms with van der Waals surface area (Å²) < 4.78 is 10.0. The van der Waals surface area contributed by atoms with E-state index in [1.54, 1.807) is 11.1 Å². The summed E-state index contributed by atoms with van der Waals surface area (Å²) in [5.74, 6) is 0.920. The summed E-state index contributed by atoms with van der Waals surface area (Å²) in [6.45, 7) is 3.58. The van der Waals surface area contributed by atoms with Crippen LogP contribution in [0.2, 0.25) is 0 Å². The fourth-order valence-corrected chi connectivity index (χ4v) is 5.01. The number of H-pyrrole nitrogens is 1. The Labute approximate surface area is 184 Å². The van der Waals surface area contributed by atoms with Gasteiger partial charge in [-0.1, -0.05) is 0 Å². The Bertz CT molecular complexity index is 1170. The predicted octanol–water partition coefficient (Wildman–Crippen LogP) is 2.59. The molecule has 3 aromatic heterocycles. The van der Waals surface area contributed by atoms with E-state index in [1.807, 2.05) is 26.2 Å². The summed E-state index contributed by atoms with van der Waals surface area (Å²) in [5.41, 5.74) is 2.27. The van der Waals surface area contributed by atoms with E-state index in [2.05, 4.69) is 36.4 Å². The average molecular weight is 436 g/mol. The number of fused-ring (bicyclic) bond motifs is 2. The van der Waals surface area contributed by atoms with Crippen LogP contribution in [0.5, 0.6) is 6.08 Å². The first-order valence-electron chi connectivity index (χ1n) is 10.7. The van der Waals surface area contributed by atoms with Gasteiger partial charge in [0.15, 0.2) is 0 Å². The Hall–Kier alpha value is -3.81. The second kappa shape index (κ2) is 8.03. The Morgan fingerprint density at radius 3 is 2.94 bits per heavy atom. The Morgan fingerprint density at radius 2 is 2.22 bits per heavy atom. The minimum atomic E-state index is -0.233. The molecule has 11 heteroatoms. The van der Waals surface area contributed by atoms with Crippen LogP contribution >= 0.6 is 0 Å². The number of ether oxygens (including phenoxy) is 1. The predicted molar refractivity (Wildman–Crippen MR) is 115 cm³/mol. The number of amides is 2. The van der Waals surface area contributed by atoms with Gasteiger partial charge in [0.1, 0.15) is 11.7 Å². The van der Waals surface area contributed by atoms with Crippen molar-refractivity contribution in [3.8, 4) is 12.1 Å². The molecule has 0 unspecified atom stereocenters. The first-order chi connectivity index (χ1) is 15.6. The lowest BCUT2D eigenvalue weighted by Crippen LogP contribution is -2.36. The quantitative estimate of drug-likeness (QED) is 0.623. The Balaban J connectivity index is 1.24. The van der Waals surface area contributed by atoms with E-state index < -0.39 is 0 Å². The topological polar surface area (TPSA) is 136 Å². The standard InChI is InChI=1S/C21H24N8O3/c1-3-31-21-26-19(27-32-21)25-20(30)29-10-12-6-15(7-13(12)11-29)28(2)17-14(8-22)9-24-18-16(17)4-5-23-18/h4-5,9,12-13,15H,3,6-7,10-11H2,1-2H3,(H,23,24)(H,25,27,30)/t12-,13+,15+. The largest absolute Gasteiger partial charge is 0.449 e. The van der Waals surface area contributed by atoms with Crippen LogP contribution in [0.1, 0.15) is 25.3 Å². The molecule has 5 rings (SSSR count). The van der Waals surface area contributed by atoms with Crippen molar-refractivity contribution in [2.75, 3.05) is 37.0 Å². The number of carbonyl (C=O) groups is 1. The molecule has 1 saturated heterocycles. The summed E-state index contributed by atoms with van der Waals surface area (Å²) >= 11 is 0. The number of carbonyl (C=O) groups excluding carboxylic acids is 1. The third-order valence-corrected chi connectivity index (χ3v) is 6.49.